The minimum Gasteiger partial charge on any atom is -0.373 e. The summed E-state index contributed by atoms with van der Waals surface area (Å²) in [5.74, 6) is 0.147. The Morgan fingerprint density at radius 1 is 1.35 bits per heavy atom. The van der Waals surface area contributed by atoms with Crippen LogP contribution in [0.4, 0.5) is 0 Å². The number of carbonyl (C=O) groups is 1. The van der Waals surface area contributed by atoms with E-state index in [-0.39, 0.29) is 18.1 Å². The lowest BCUT2D eigenvalue weighted by Crippen LogP contribution is -2.52. The van der Waals surface area contributed by atoms with Gasteiger partial charge in [-0.2, -0.15) is 0 Å². The molecule has 0 spiro atoms. The van der Waals surface area contributed by atoms with Gasteiger partial charge in [0.1, 0.15) is 6.10 Å². The van der Waals surface area contributed by atoms with Gasteiger partial charge < -0.3 is 19.7 Å². The van der Waals surface area contributed by atoms with Crippen molar-refractivity contribution in [1.29, 1.82) is 0 Å². The number of ether oxygens (including phenoxy) is 2. The molecule has 0 aliphatic carbocycles. The smallest absolute Gasteiger partial charge is 0.251 e. The minimum atomic E-state index is -0.211. The minimum absolute atomic E-state index is 0.112. The Balaban J connectivity index is 1.85. The number of carbonyl (C=O) groups excluding carboxylic acids is 1. The highest BCUT2D eigenvalue weighted by atomic mass is 16.5. The quantitative estimate of drug-likeness (QED) is 0.757. The van der Waals surface area contributed by atoms with Crippen LogP contribution in [-0.4, -0.2) is 62.9 Å². The summed E-state index contributed by atoms with van der Waals surface area (Å²) in [6, 6.07) is 0. The Labute approximate surface area is 102 Å². The second-order valence-corrected chi connectivity index (χ2v) is 4.69. The van der Waals surface area contributed by atoms with Crippen LogP contribution in [0.1, 0.15) is 19.3 Å². The number of likely N-dealkylation sites (N-methyl/N-ethyl adjacent to an activating group) is 1. The number of amides is 1. The monoisotopic (exact) mass is 242 g/mol. The first-order chi connectivity index (χ1) is 8.31. The van der Waals surface area contributed by atoms with Gasteiger partial charge >= 0.3 is 0 Å². The first kappa shape index (κ1) is 12.8. The van der Waals surface area contributed by atoms with Gasteiger partial charge in [-0.25, -0.2) is 0 Å². The van der Waals surface area contributed by atoms with Gasteiger partial charge in [0, 0.05) is 26.2 Å². The summed E-state index contributed by atoms with van der Waals surface area (Å²) in [5, 5.41) is 3.08. The van der Waals surface area contributed by atoms with Crippen LogP contribution in [0.3, 0.4) is 0 Å². The zero-order chi connectivity index (χ0) is 12.1. The molecule has 0 aromatic rings. The molecule has 5 nitrogen and oxygen atoms in total. The summed E-state index contributed by atoms with van der Waals surface area (Å²) in [7, 11) is 1.90. The maximum Gasteiger partial charge on any atom is 0.251 e. The summed E-state index contributed by atoms with van der Waals surface area (Å²) < 4.78 is 11.1. The molecule has 2 aliphatic heterocycles. The van der Waals surface area contributed by atoms with Crippen LogP contribution in [0.25, 0.3) is 0 Å². The Bertz CT molecular complexity index is 252. The van der Waals surface area contributed by atoms with Gasteiger partial charge in [0.2, 0.25) is 0 Å². The number of hydrogen-bond donors (Lipinski definition) is 1. The molecule has 0 saturated carbocycles. The van der Waals surface area contributed by atoms with Crippen molar-refractivity contribution in [2.45, 2.75) is 31.5 Å². The van der Waals surface area contributed by atoms with E-state index >= 15 is 0 Å². The first-order valence-electron chi connectivity index (χ1n) is 6.48. The van der Waals surface area contributed by atoms with E-state index < -0.39 is 0 Å². The summed E-state index contributed by atoms with van der Waals surface area (Å²) in [6.07, 6.45) is 2.95. The standard InChI is InChI=1S/C12H22N2O3/c1-13-8-10-9-14(5-7-16-10)12(15)11-4-2-3-6-17-11/h10-11,13H,2-9H2,1H3. The van der Waals surface area contributed by atoms with Crippen LogP contribution < -0.4 is 5.32 Å². The second-order valence-electron chi connectivity index (χ2n) is 4.69. The number of nitrogens with one attached hydrogen (secondary N) is 1. The van der Waals surface area contributed by atoms with Crippen molar-refractivity contribution in [2.75, 3.05) is 39.9 Å². The Hall–Kier alpha value is -0.650. The lowest BCUT2D eigenvalue weighted by atomic mass is 10.1. The van der Waals surface area contributed by atoms with E-state index in [9.17, 15) is 4.79 Å². The average Bonchev–Trinajstić information content (AvgIpc) is 2.40. The maximum absolute atomic E-state index is 12.2. The summed E-state index contributed by atoms with van der Waals surface area (Å²) in [4.78, 5) is 14.1. The molecule has 2 rings (SSSR count). The Morgan fingerprint density at radius 3 is 2.94 bits per heavy atom. The predicted molar refractivity (Wildman–Crippen MR) is 63.8 cm³/mol. The molecule has 0 aromatic carbocycles. The van der Waals surface area contributed by atoms with Crippen molar-refractivity contribution in [2.24, 2.45) is 0 Å². The van der Waals surface area contributed by atoms with Crippen molar-refractivity contribution < 1.29 is 14.3 Å². The van der Waals surface area contributed by atoms with Crippen LogP contribution in [0.15, 0.2) is 0 Å². The largest absolute Gasteiger partial charge is 0.373 e. The Kier molecular flexibility index (Phi) is 4.76. The van der Waals surface area contributed by atoms with Gasteiger partial charge in [-0.05, 0) is 26.3 Å². The van der Waals surface area contributed by atoms with Crippen LogP contribution >= 0.6 is 0 Å². The topological polar surface area (TPSA) is 50.8 Å². The fraction of sp³-hybridized carbons (Fsp3) is 0.917. The second kappa shape index (κ2) is 6.33. The number of hydrogen-bond acceptors (Lipinski definition) is 4. The molecule has 17 heavy (non-hydrogen) atoms. The fourth-order valence-corrected chi connectivity index (χ4v) is 2.41. The van der Waals surface area contributed by atoms with Crippen molar-refractivity contribution >= 4 is 5.91 Å². The molecule has 2 saturated heterocycles. The SMILES string of the molecule is CNCC1CN(C(=O)C2CCCCO2)CCO1. The van der Waals surface area contributed by atoms with Gasteiger partial charge in [0.05, 0.1) is 12.7 Å². The molecule has 5 heteroatoms. The maximum atomic E-state index is 12.2. The summed E-state index contributed by atoms with van der Waals surface area (Å²) in [6.45, 7) is 3.51. The van der Waals surface area contributed by atoms with Crippen molar-refractivity contribution in [3.05, 3.63) is 0 Å². The molecule has 2 heterocycles. The third kappa shape index (κ3) is 3.40. The molecular formula is C12H22N2O3. The van der Waals surface area contributed by atoms with E-state index in [1.807, 2.05) is 11.9 Å². The van der Waals surface area contributed by atoms with Gasteiger partial charge in [0.25, 0.3) is 5.91 Å². The summed E-state index contributed by atoms with van der Waals surface area (Å²) in [5.41, 5.74) is 0. The van der Waals surface area contributed by atoms with E-state index in [4.69, 9.17) is 9.47 Å². The van der Waals surface area contributed by atoms with Gasteiger partial charge in [0.15, 0.2) is 0 Å². The molecule has 2 unspecified atom stereocenters. The van der Waals surface area contributed by atoms with Crippen LogP contribution in [0, 0.1) is 0 Å². The number of rotatable bonds is 3. The molecular weight excluding hydrogens is 220 g/mol. The molecule has 1 amide bonds. The van der Waals surface area contributed by atoms with Crippen LogP contribution in [0.5, 0.6) is 0 Å². The molecule has 0 bridgehead atoms. The summed E-state index contributed by atoms with van der Waals surface area (Å²) >= 11 is 0. The van der Waals surface area contributed by atoms with Crippen molar-refractivity contribution in [3.8, 4) is 0 Å². The predicted octanol–water partition coefficient (Wildman–Crippen LogP) is 0.00230. The molecule has 0 radical (unpaired) electrons. The van der Waals surface area contributed by atoms with E-state index in [0.717, 1.165) is 32.4 Å². The normalized spacial score (nSPS) is 30.3. The molecule has 98 valence electrons. The molecule has 1 N–H and O–H groups in total. The van der Waals surface area contributed by atoms with Crippen molar-refractivity contribution in [1.82, 2.24) is 10.2 Å². The lowest BCUT2D eigenvalue weighted by Gasteiger charge is -2.35. The highest BCUT2D eigenvalue weighted by molar-refractivity contribution is 5.81. The fourth-order valence-electron chi connectivity index (χ4n) is 2.41. The third-order valence-electron chi connectivity index (χ3n) is 3.34. The molecule has 2 fully saturated rings. The van der Waals surface area contributed by atoms with Gasteiger partial charge in [-0.3, -0.25) is 4.79 Å². The Morgan fingerprint density at radius 2 is 2.24 bits per heavy atom. The lowest BCUT2D eigenvalue weighted by molar-refractivity contribution is -0.153. The van der Waals surface area contributed by atoms with Gasteiger partial charge in [-0.1, -0.05) is 0 Å². The molecule has 2 aliphatic rings. The van der Waals surface area contributed by atoms with Crippen molar-refractivity contribution in [3.63, 3.8) is 0 Å². The highest BCUT2D eigenvalue weighted by Gasteiger charge is 2.30. The third-order valence-corrected chi connectivity index (χ3v) is 3.34. The van der Waals surface area contributed by atoms with E-state index in [1.54, 1.807) is 0 Å². The zero-order valence-corrected chi connectivity index (χ0v) is 10.5. The van der Waals surface area contributed by atoms with E-state index in [1.165, 1.54) is 0 Å². The number of nitrogens with zero attached hydrogens (tertiary/aromatic N) is 1. The van der Waals surface area contributed by atoms with Gasteiger partial charge in [-0.15, -0.1) is 0 Å². The van der Waals surface area contributed by atoms with E-state index in [2.05, 4.69) is 5.32 Å². The average molecular weight is 242 g/mol. The van der Waals surface area contributed by atoms with Crippen LogP contribution in [-0.2, 0) is 14.3 Å². The molecule has 0 aromatic heterocycles. The molecule has 2 atom stereocenters. The first-order valence-corrected chi connectivity index (χ1v) is 6.48. The van der Waals surface area contributed by atoms with Crippen LogP contribution in [0.2, 0.25) is 0 Å². The zero-order valence-electron chi connectivity index (χ0n) is 10.5. The highest BCUT2D eigenvalue weighted by Crippen LogP contribution is 2.16. The van der Waals surface area contributed by atoms with E-state index in [0.29, 0.717) is 19.7 Å². The number of morpholine rings is 1.